The molecule has 3 N–H and O–H groups in total. The number of rotatable bonds is 8. The molecule has 0 spiro atoms. The van der Waals surface area contributed by atoms with Crippen LogP contribution in [0.15, 0.2) is 47.6 Å². The summed E-state index contributed by atoms with van der Waals surface area (Å²) in [4.78, 5) is 10.6. The van der Waals surface area contributed by atoms with Crippen LogP contribution in [-0.2, 0) is 0 Å². The monoisotopic (exact) mass is 341 g/mol. The number of nitrogens with one attached hydrogen (secondary N) is 1. The number of primary amides is 1. The molecule has 0 aliphatic heterocycles. The SMILES string of the molecule is Cc1cccc(OCCCOc2ccccc2C=NNC(N)=O)c1C. The van der Waals surface area contributed by atoms with Crippen molar-refractivity contribution in [2.45, 2.75) is 20.3 Å². The van der Waals surface area contributed by atoms with Crippen LogP contribution in [0.1, 0.15) is 23.1 Å². The average Bonchev–Trinajstić information content (AvgIpc) is 2.59. The molecule has 0 bridgehead atoms. The molecule has 0 heterocycles. The van der Waals surface area contributed by atoms with E-state index >= 15 is 0 Å². The van der Waals surface area contributed by atoms with Gasteiger partial charge in [0.05, 0.1) is 19.4 Å². The molecule has 2 amide bonds. The van der Waals surface area contributed by atoms with E-state index in [0.29, 0.717) is 19.0 Å². The van der Waals surface area contributed by atoms with Crippen molar-refractivity contribution in [2.75, 3.05) is 13.2 Å². The Bertz CT molecular complexity index is 744. The average molecular weight is 341 g/mol. The number of carbonyl (C=O) groups excluding carboxylic acids is 1. The smallest absolute Gasteiger partial charge is 0.332 e. The van der Waals surface area contributed by atoms with Crippen LogP contribution in [-0.4, -0.2) is 25.5 Å². The van der Waals surface area contributed by atoms with Crippen LogP contribution in [0.25, 0.3) is 0 Å². The summed E-state index contributed by atoms with van der Waals surface area (Å²) in [6.07, 6.45) is 2.24. The predicted octanol–water partition coefficient (Wildman–Crippen LogP) is 3.15. The fraction of sp³-hybridized carbons (Fsp3) is 0.263. The van der Waals surface area contributed by atoms with Gasteiger partial charge in [-0.25, -0.2) is 10.2 Å². The lowest BCUT2D eigenvalue weighted by molar-refractivity contribution is 0.246. The summed E-state index contributed by atoms with van der Waals surface area (Å²) in [7, 11) is 0. The molecule has 0 unspecified atom stereocenters. The lowest BCUT2D eigenvalue weighted by atomic mass is 10.1. The topological polar surface area (TPSA) is 85.9 Å². The number of hydrazone groups is 1. The molecule has 0 aliphatic carbocycles. The van der Waals surface area contributed by atoms with E-state index in [4.69, 9.17) is 15.2 Å². The number of para-hydroxylation sites is 1. The second-order valence-corrected chi connectivity index (χ2v) is 5.52. The largest absolute Gasteiger partial charge is 0.493 e. The Kier molecular flexibility index (Phi) is 6.83. The number of urea groups is 1. The molecule has 0 aromatic heterocycles. The molecule has 2 rings (SSSR count). The minimum absolute atomic E-state index is 0.513. The molecule has 132 valence electrons. The Morgan fingerprint density at radius 3 is 2.52 bits per heavy atom. The highest BCUT2D eigenvalue weighted by Gasteiger charge is 2.03. The standard InChI is InChI=1S/C19H23N3O3/c1-14-7-5-10-17(15(14)2)24-11-6-12-25-18-9-4-3-8-16(18)13-21-22-19(20)23/h3-5,7-10,13H,6,11-12H2,1-2H3,(H3,20,22,23). The van der Waals surface area contributed by atoms with Gasteiger partial charge in [-0.15, -0.1) is 0 Å². The Morgan fingerprint density at radius 2 is 1.76 bits per heavy atom. The van der Waals surface area contributed by atoms with Gasteiger partial charge >= 0.3 is 6.03 Å². The minimum Gasteiger partial charge on any atom is -0.493 e. The second kappa shape index (κ2) is 9.32. The highest BCUT2D eigenvalue weighted by molar-refractivity contribution is 5.84. The first-order valence-corrected chi connectivity index (χ1v) is 8.07. The van der Waals surface area contributed by atoms with Crippen LogP contribution >= 0.6 is 0 Å². The summed E-state index contributed by atoms with van der Waals surface area (Å²) >= 11 is 0. The highest BCUT2D eigenvalue weighted by atomic mass is 16.5. The Hall–Kier alpha value is -3.02. The first kappa shape index (κ1) is 18.3. The van der Waals surface area contributed by atoms with Gasteiger partial charge in [-0.3, -0.25) is 0 Å². The molecular weight excluding hydrogens is 318 g/mol. The van der Waals surface area contributed by atoms with Crippen molar-refractivity contribution in [1.82, 2.24) is 5.43 Å². The third-order valence-corrected chi connectivity index (χ3v) is 3.66. The van der Waals surface area contributed by atoms with E-state index in [1.165, 1.54) is 11.8 Å². The zero-order chi connectivity index (χ0) is 18.1. The molecule has 0 atom stereocenters. The fourth-order valence-corrected chi connectivity index (χ4v) is 2.19. The molecule has 0 saturated carbocycles. The molecule has 0 aliphatic rings. The summed E-state index contributed by atoms with van der Waals surface area (Å²) < 4.78 is 11.6. The zero-order valence-corrected chi connectivity index (χ0v) is 14.5. The summed E-state index contributed by atoms with van der Waals surface area (Å²) in [6, 6.07) is 12.7. The zero-order valence-electron chi connectivity index (χ0n) is 14.5. The second-order valence-electron chi connectivity index (χ2n) is 5.52. The van der Waals surface area contributed by atoms with Crippen molar-refractivity contribution >= 4 is 12.2 Å². The molecule has 6 heteroatoms. The minimum atomic E-state index is -0.710. The number of amides is 2. The number of carbonyl (C=O) groups is 1. The van der Waals surface area contributed by atoms with Crippen LogP contribution in [0.4, 0.5) is 4.79 Å². The van der Waals surface area contributed by atoms with Crippen LogP contribution < -0.4 is 20.6 Å². The lowest BCUT2D eigenvalue weighted by Gasteiger charge is -2.12. The third kappa shape index (κ3) is 5.84. The van der Waals surface area contributed by atoms with Crippen molar-refractivity contribution in [3.8, 4) is 11.5 Å². The van der Waals surface area contributed by atoms with Gasteiger partial charge in [-0.1, -0.05) is 24.3 Å². The molecule has 2 aromatic carbocycles. The Morgan fingerprint density at radius 1 is 1.08 bits per heavy atom. The normalized spacial score (nSPS) is 10.6. The molecular formula is C19H23N3O3. The molecule has 2 aromatic rings. The van der Waals surface area contributed by atoms with Crippen molar-refractivity contribution in [3.63, 3.8) is 0 Å². The van der Waals surface area contributed by atoms with E-state index in [1.54, 1.807) is 0 Å². The maximum atomic E-state index is 10.6. The maximum absolute atomic E-state index is 10.6. The summed E-state index contributed by atoms with van der Waals surface area (Å²) in [6.45, 7) is 5.20. The summed E-state index contributed by atoms with van der Waals surface area (Å²) in [5.74, 6) is 1.59. The van der Waals surface area contributed by atoms with Crippen molar-refractivity contribution in [2.24, 2.45) is 10.8 Å². The Labute approximate surface area is 147 Å². The maximum Gasteiger partial charge on any atom is 0.332 e. The van der Waals surface area contributed by atoms with Crippen molar-refractivity contribution in [3.05, 3.63) is 59.2 Å². The number of ether oxygens (including phenoxy) is 2. The van der Waals surface area contributed by atoms with Crippen LogP contribution in [0.3, 0.4) is 0 Å². The molecule has 0 saturated heterocycles. The number of benzene rings is 2. The lowest BCUT2D eigenvalue weighted by Crippen LogP contribution is -2.24. The van der Waals surface area contributed by atoms with Gasteiger partial charge < -0.3 is 15.2 Å². The van der Waals surface area contributed by atoms with Gasteiger partial charge in [-0.2, -0.15) is 5.10 Å². The summed E-state index contributed by atoms with van der Waals surface area (Å²) in [5, 5.41) is 3.75. The molecule has 0 fully saturated rings. The van der Waals surface area contributed by atoms with E-state index in [9.17, 15) is 4.79 Å². The van der Waals surface area contributed by atoms with Crippen LogP contribution in [0.5, 0.6) is 11.5 Å². The number of hydrogen-bond acceptors (Lipinski definition) is 4. The van der Waals surface area contributed by atoms with Crippen molar-refractivity contribution in [1.29, 1.82) is 0 Å². The van der Waals surface area contributed by atoms with E-state index < -0.39 is 6.03 Å². The van der Waals surface area contributed by atoms with E-state index in [1.807, 2.05) is 36.4 Å². The molecule has 0 radical (unpaired) electrons. The first-order valence-electron chi connectivity index (χ1n) is 8.07. The fourth-order valence-electron chi connectivity index (χ4n) is 2.19. The number of aryl methyl sites for hydroxylation is 1. The number of hydrogen-bond donors (Lipinski definition) is 2. The van der Waals surface area contributed by atoms with Gasteiger partial charge in [-0.05, 0) is 43.2 Å². The highest BCUT2D eigenvalue weighted by Crippen LogP contribution is 2.21. The van der Waals surface area contributed by atoms with Crippen molar-refractivity contribution < 1.29 is 14.3 Å². The van der Waals surface area contributed by atoms with E-state index in [-0.39, 0.29) is 0 Å². The Balaban J connectivity index is 1.81. The third-order valence-electron chi connectivity index (χ3n) is 3.66. The molecule has 25 heavy (non-hydrogen) atoms. The summed E-state index contributed by atoms with van der Waals surface area (Å²) in [5.41, 5.74) is 10.3. The first-order chi connectivity index (χ1) is 12.1. The van der Waals surface area contributed by atoms with Gasteiger partial charge in [0.25, 0.3) is 0 Å². The predicted molar refractivity (Wildman–Crippen MR) is 98.3 cm³/mol. The van der Waals surface area contributed by atoms with Gasteiger partial charge in [0, 0.05) is 12.0 Å². The van der Waals surface area contributed by atoms with Crippen LogP contribution in [0.2, 0.25) is 0 Å². The van der Waals surface area contributed by atoms with Gasteiger partial charge in [0.15, 0.2) is 0 Å². The quantitative estimate of drug-likeness (QED) is 0.439. The number of nitrogens with zero attached hydrogens (tertiary/aromatic N) is 1. The van der Waals surface area contributed by atoms with E-state index in [0.717, 1.165) is 23.3 Å². The van der Waals surface area contributed by atoms with Crippen LogP contribution in [0, 0.1) is 13.8 Å². The van der Waals surface area contributed by atoms with Gasteiger partial charge in [0.2, 0.25) is 0 Å². The van der Waals surface area contributed by atoms with Gasteiger partial charge in [0.1, 0.15) is 11.5 Å². The van der Waals surface area contributed by atoms with E-state index in [2.05, 4.69) is 30.4 Å². The number of nitrogens with two attached hydrogens (primary N) is 1. The molecule has 6 nitrogen and oxygen atoms in total.